The molecule has 0 aromatic carbocycles. The van der Waals surface area contributed by atoms with Crippen LogP contribution in [-0.4, -0.2) is 42.1 Å². The summed E-state index contributed by atoms with van der Waals surface area (Å²) in [5, 5.41) is 0. The summed E-state index contributed by atoms with van der Waals surface area (Å²) in [5.41, 5.74) is 5.89. The van der Waals surface area contributed by atoms with Crippen molar-refractivity contribution >= 4 is 5.91 Å². The number of piperidine rings is 1. The molecule has 4 heteroatoms. The monoisotopic (exact) mass is 226 g/mol. The summed E-state index contributed by atoms with van der Waals surface area (Å²) in [6.07, 6.45) is 4.71. The second-order valence-electron chi connectivity index (χ2n) is 5.06. The molecule has 2 rings (SSSR count). The molecule has 3 atom stereocenters. The van der Waals surface area contributed by atoms with Gasteiger partial charge in [-0.2, -0.15) is 0 Å². The number of carbonyl (C=O) groups excluding carboxylic acids is 1. The van der Waals surface area contributed by atoms with E-state index in [-0.39, 0.29) is 24.1 Å². The Labute approximate surface area is 97.1 Å². The zero-order valence-electron chi connectivity index (χ0n) is 10.0. The quantitative estimate of drug-likeness (QED) is 0.761. The van der Waals surface area contributed by atoms with E-state index in [0.717, 1.165) is 38.8 Å². The Kier molecular flexibility index (Phi) is 3.82. The van der Waals surface area contributed by atoms with Crippen molar-refractivity contribution in [3.8, 4) is 0 Å². The molecule has 0 aliphatic carbocycles. The summed E-state index contributed by atoms with van der Waals surface area (Å²) < 4.78 is 5.50. The number of ether oxygens (including phenoxy) is 1. The van der Waals surface area contributed by atoms with Crippen molar-refractivity contribution in [1.82, 2.24) is 4.90 Å². The van der Waals surface area contributed by atoms with Crippen LogP contribution in [0, 0.1) is 0 Å². The molecular weight excluding hydrogens is 204 g/mol. The average Bonchev–Trinajstić information content (AvgIpc) is 2.70. The molecule has 2 aliphatic heterocycles. The second-order valence-corrected chi connectivity index (χ2v) is 5.06. The highest BCUT2D eigenvalue weighted by atomic mass is 16.5. The first-order chi connectivity index (χ1) is 7.66. The topological polar surface area (TPSA) is 55.6 Å². The fourth-order valence-corrected chi connectivity index (χ4v) is 2.70. The molecule has 0 saturated carbocycles. The lowest BCUT2D eigenvalue weighted by Gasteiger charge is -2.36. The minimum Gasteiger partial charge on any atom is -0.378 e. The zero-order chi connectivity index (χ0) is 11.5. The first-order valence-electron chi connectivity index (χ1n) is 6.33. The van der Waals surface area contributed by atoms with Crippen LogP contribution in [0.3, 0.4) is 0 Å². The molecule has 0 spiro atoms. The van der Waals surface area contributed by atoms with E-state index in [4.69, 9.17) is 10.5 Å². The molecule has 2 aliphatic rings. The Balaban J connectivity index is 1.83. The van der Waals surface area contributed by atoms with Gasteiger partial charge in [0, 0.05) is 25.2 Å². The maximum Gasteiger partial charge on any atom is 0.225 e. The van der Waals surface area contributed by atoms with Crippen molar-refractivity contribution in [3.05, 3.63) is 0 Å². The Morgan fingerprint density at radius 1 is 1.50 bits per heavy atom. The summed E-state index contributed by atoms with van der Waals surface area (Å²) in [5.74, 6) is 0.242. The van der Waals surface area contributed by atoms with E-state index < -0.39 is 0 Å². The summed E-state index contributed by atoms with van der Waals surface area (Å²) in [6, 6.07) is 0.555. The van der Waals surface area contributed by atoms with Crippen LogP contribution < -0.4 is 5.73 Å². The van der Waals surface area contributed by atoms with Gasteiger partial charge in [0.25, 0.3) is 0 Å². The van der Waals surface area contributed by atoms with Crippen molar-refractivity contribution in [3.63, 3.8) is 0 Å². The SMILES string of the molecule is CC1CC(N)CCN1C(=O)CC1CCCO1. The number of hydrogen-bond donors (Lipinski definition) is 1. The van der Waals surface area contributed by atoms with Crippen molar-refractivity contribution in [2.24, 2.45) is 5.73 Å². The van der Waals surface area contributed by atoms with E-state index in [1.54, 1.807) is 0 Å². The van der Waals surface area contributed by atoms with Gasteiger partial charge < -0.3 is 15.4 Å². The van der Waals surface area contributed by atoms with Crippen molar-refractivity contribution in [2.75, 3.05) is 13.2 Å². The zero-order valence-corrected chi connectivity index (χ0v) is 10.0. The molecule has 2 saturated heterocycles. The predicted octanol–water partition coefficient (Wildman–Crippen LogP) is 0.894. The number of amides is 1. The third kappa shape index (κ3) is 2.74. The largest absolute Gasteiger partial charge is 0.378 e. The predicted molar refractivity (Wildman–Crippen MR) is 62.0 cm³/mol. The van der Waals surface area contributed by atoms with Gasteiger partial charge in [0.05, 0.1) is 12.5 Å². The molecule has 1 amide bonds. The standard InChI is InChI=1S/C12H22N2O2/c1-9-7-10(13)4-5-14(9)12(15)8-11-3-2-6-16-11/h9-11H,2-8,13H2,1H3. The lowest BCUT2D eigenvalue weighted by molar-refractivity contribution is -0.136. The summed E-state index contributed by atoms with van der Waals surface area (Å²) in [6.45, 7) is 3.72. The van der Waals surface area contributed by atoms with Gasteiger partial charge in [-0.25, -0.2) is 0 Å². The van der Waals surface area contributed by atoms with E-state index in [1.807, 2.05) is 4.90 Å². The minimum atomic E-state index is 0.162. The third-order valence-electron chi connectivity index (χ3n) is 3.66. The van der Waals surface area contributed by atoms with Crippen LogP contribution in [0.4, 0.5) is 0 Å². The molecule has 2 fully saturated rings. The first-order valence-corrected chi connectivity index (χ1v) is 6.33. The van der Waals surface area contributed by atoms with Gasteiger partial charge in [0.1, 0.15) is 0 Å². The van der Waals surface area contributed by atoms with Crippen LogP contribution >= 0.6 is 0 Å². The molecule has 2 heterocycles. The number of rotatable bonds is 2. The molecule has 4 nitrogen and oxygen atoms in total. The Morgan fingerprint density at radius 2 is 2.31 bits per heavy atom. The third-order valence-corrected chi connectivity index (χ3v) is 3.66. The lowest BCUT2D eigenvalue weighted by Crippen LogP contribution is -2.48. The first kappa shape index (κ1) is 11.9. The number of carbonyl (C=O) groups is 1. The number of nitrogens with two attached hydrogens (primary N) is 1. The molecule has 16 heavy (non-hydrogen) atoms. The summed E-state index contributed by atoms with van der Waals surface area (Å²) >= 11 is 0. The minimum absolute atomic E-state index is 0.162. The molecule has 92 valence electrons. The van der Waals surface area contributed by atoms with Gasteiger partial charge in [-0.15, -0.1) is 0 Å². The van der Waals surface area contributed by atoms with Crippen LogP contribution in [-0.2, 0) is 9.53 Å². The maximum atomic E-state index is 12.1. The summed E-state index contributed by atoms with van der Waals surface area (Å²) in [7, 11) is 0. The molecule has 0 bridgehead atoms. The van der Waals surface area contributed by atoms with E-state index in [2.05, 4.69) is 6.92 Å². The smallest absolute Gasteiger partial charge is 0.225 e. The number of nitrogens with zero attached hydrogens (tertiary/aromatic N) is 1. The fourth-order valence-electron chi connectivity index (χ4n) is 2.70. The number of likely N-dealkylation sites (tertiary alicyclic amines) is 1. The van der Waals surface area contributed by atoms with E-state index >= 15 is 0 Å². The molecular formula is C12H22N2O2. The van der Waals surface area contributed by atoms with Crippen molar-refractivity contribution in [2.45, 2.75) is 57.2 Å². The van der Waals surface area contributed by atoms with Gasteiger partial charge in [0.2, 0.25) is 5.91 Å². The highest BCUT2D eigenvalue weighted by Gasteiger charge is 2.29. The van der Waals surface area contributed by atoms with Crippen LogP contribution in [0.2, 0.25) is 0 Å². The molecule has 0 aromatic heterocycles. The fraction of sp³-hybridized carbons (Fsp3) is 0.917. The van der Waals surface area contributed by atoms with Gasteiger partial charge in [-0.3, -0.25) is 4.79 Å². The second kappa shape index (κ2) is 5.15. The normalized spacial score (nSPS) is 35.4. The van der Waals surface area contributed by atoms with Gasteiger partial charge >= 0.3 is 0 Å². The highest BCUT2D eigenvalue weighted by Crippen LogP contribution is 2.21. The van der Waals surface area contributed by atoms with Crippen LogP contribution in [0.1, 0.15) is 39.0 Å². The Hall–Kier alpha value is -0.610. The van der Waals surface area contributed by atoms with Crippen LogP contribution in [0.25, 0.3) is 0 Å². The van der Waals surface area contributed by atoms with Crippen molar-refractivity contribution in [1.29, 1.82) is 0 Å². The Bertz CT molecular complexity index is 251. The highest BCUT2D eigenvalue weighted by molar-refractivity contribution is 5.77. The molecule has 0 radical (unpaired) electrons. The van der Waals surface area contributed by atoms with Crippen LogP contribution in [0.5, 0.6) is 0 Å². The molecule has 0 aromatic rings. The van der Waals surface area contributed by atoms with E-state index in [1.165, 1.54) is 0 Å². The van der Waals surface area contributed by atoms with Gasteiger partial charge in [-0.1, -0.05) is 0 Å². The Morgan fingerprint density at radius 3 is 2.94 bits per heavy atom. The van der Waals surface area contributed by atoms with Crippen molar-refractivity contribution < 1.29 is 9.53 Å². The van der Waals surface area contributed by atoms with Crippen LogP contribution in [0.15, 0.2) is 0 Å². The molecule has 2 N–H and O–H groups in total. The molecule has 3 unspecified atom stereocenters. The van der Waals surface area contributed by atoms with Gasteiger partial charge in [-0.05, 0) is 32.6 Å². The number of hydrogen-bond acceptors (Lipinski definition) is 3. The summed E-state index contributed by atoms with van der Waals surface area (Å²) in [4.78, 5) is 14.1. The maximum absolute atomic E-state index is 12.1. The van der Waals surface area contributed by atoms with Gasteiger partial charge in [0.15, 0.2) is 0 Å². The van der Waals surface area contributed by atoms with E-state index in [0.29, 0.717) is 6.42 Å². The van der Waals surface area contributed by atoms with E-state index in [9.17, 15) is 4.79 Å². The average molecular weight is 226 g/mol. The lowest BCUT2D eigenvalue weighted by atomic mass is 9.98.